The zero-order valence-corrected chi connectivity index (χ0v) is 34.8. The second-order valence-electron chi connectivity index (χ2n) is 16.0. The van der Waals surface area contributed by atoms with Crippen LogP contribution in [0.4, 0.5) is 0 Å². The van der Waals surface area contributed by atoms with E-state index in [9.17, 15) is 10.2 Å². The SMILES string of the molecule is Cn1c(CCN(CCc2nc3ccccc3n2C)Cc2cc(O)cc(CN(CCc3nc4ccccc4n3C)CCc3nc4ccccc4n3C)c2O)nc2ccccc21. The summed E-state index contributed by atoms with van der Waals surface area (Å²) in [5, 5.41) is 23.3. The van der Waals surface area contributed by atoms with Crippen LogP contribution in [0, 0.1) is 0 Å². The Labute approximate surface area is 349 Å². The Morgan fingerprint density at radius 3 is 0.950 bits per heavy atom. The van der Waals surface area contributed by atoms with Gasteiger partial charge < -0.3 is 28.5 Å². The van der Waals surface area contributed by atoms with Crippen LogP contribution >= 0.6 is 0 Å². The number of aromatic hydroxyl groups is 2. The third kappa shape index (κ3) is 7.83. The highest BCUT2D eigenvalue weighted by Crippen LogP contribution is 2.31. The molecule has 9 aromatic rings. The highest BCUT2D eigenvalue weighted by atomic mass is 16.3. The van der Waals surface area contributed by atoms with E-state index in [0.29, 0.717) is 50.4 Å². The second kappa shape index (κ2) is 16.6. The van der Waals surface area contributed by atoms with Crippen molar-refractivity contribution in [2.24, 2.45) is 28.2 Å². The van der Waals surface area contributed by atoms with Crippen LogP contribution in [-0.2, 0) is 67.0 Å². The van der Waals surface area contributed by atoms with Gasteiger partial charge in [0.2, 0.25) is 0 Å². The second-order valence-corrected chi connectivity index (χ2v) is 16.0. The summed E-state index contributed by atoms with van der Waals surface area (Å²) < 4.78 is 8.66. The number of phenolic OH excluding ortho intramolecular Hbond substituents is 2. The number of phenols is 2. The average Bonchev–Trinajstić information content (AvgIpc) is 3.98. The molecule has 306 valence electrons. The molecule has 0 aliphatic rings. The number of fused-ring (bicyclic) bond motifs is 4. The van der Waals surface area contributed by atoms with E-state index in [1.54, 1.807) is 12.1 Å². The summed E-state index contributed by atoms with van der Waals surface area (Å²) in [6.07, 6.45) is 2.88. The summed E-state index contributed by atoms with van der Waals surface area (Å²) in [4.78, 5) is 24.5. The molecule has 0 saturated carbocycles. The molecule has 0 aliphatic heterocycles. The maximum atomic E-state index is 12.1. The normalized spacial score (nSPS) is 12.1. The van der Waals surface area contributed by atoms with Crippen molar-refractivity contribution in [2.75, 3.05) is 26.2 Å². The first-order valence-corrected chi connectivity index (χ1v) is 20.8. The number of para-hydroxylation sites is 8. The molecule has 0 spiro atoms. The van der Waals surface area contributed by atoms with E-state index >= 15 is 0 Å². The first-order valence-electron chi connectivity index (χ1n) is 20.8. The lowest BCUT2D eigenvalue weighted by Gasteiger charge is -2.26. The fraction of sp³-hybridized carbons (Fsp3) is 0.292. The fourth-order valence-corrected chi connectivity index (χ4v) is 8.71. The number of hydrogen-bond acceptors (Lipinski definition) is 8. The maximum Gasteiger partial charge on any atom is 0.124 e. The Bertz CT molecular complexity index is 2590. The summed E-state index contributed by atoms with van der Waals surface area (Å²) in [6, 6.07) is 36.3. The van der Waals surface area contributed by atoms with E-state index in [0.717, 1.165) is 93.1 Å². The topological polar surface area (TPSA) is 118 Å². The lowest BCUT2D eigenvalue weighted by atomic mass is 10.1. The molecule has 12 heteroatoms. The van der Waals surface area contributed by atoms with Gasteiger partial charge in [0, 0.05) is 104 Å². The number of nitrogens with zero attached hydrogens (tertiary/aromatic N) is 10. The summed E-state index contributed by atoms with van der Waals surface area (Å²) >= 11 is 0. The molecule has 5 aromatic carbocycles. The van der Waals surface area contributed by atoms with Gasteiger partial charge in [0.05, 0.1) is 44.1 Å². The first kappa shape index (κ1) is 39.0. The van der Waals surface area contributed by atoms with Gasteiger partial charge in [-0.1, -0.05) is 48.5 Å². The average molecular weight is 801 g/mol. The van der Waals surface area contributed by atoms with Crippen LogP contribution in [0.25, 0.3) is 44.1 Å². The van der Waals surface area contributed by atoms with Gasteiger partial charge in [-0.05, 0) is 60.7 Å². The first-order chi connectivity index (χ1) is 29.2. The molecule has 0 saturated heterocycles. The molecule has 0 amide bonds. The van der Waals surface area contributed by atoms with Gasteiger partial charge in [-0.3, -0.25) is 9.80 Å². The van der Waals surface area contributed by atoms with E-state index in [4.69, 9.17) is 19.9 Å². The van der Waals surface area contributed by atoms with Gasteiger partial charge in [0.25, 0.3) is 0 Å². The minimum absolute atomic E-state index is 0.133. The van der Waals surface area contributed by atoms with Crippen molar-refractivity contribution in [2.45, 2.75) is 38.8 Å². The Morgan fingerprint density at radius 2 is 0.683 bits per heavy atom. The van der Waals surface area contributed by atoms with Crippen molar-refractivity contribution in [3.63, 3.8) is 0 Å². The lowest BCUT2D eigenvalue weighted by molar-refractivity contribution is 0.255. The van der Waals surface area contributed by atoms with Crippen molar-refractivity contribution < 1.29 is 10.2 Å². The molecule has 0 aliphatic carbocycles. The number of aryl methyl sites for hydroxylation is 4. The predicted molar refractivity (Wildman–Crippen MR) is 238 cm³/mol. The summed E-state index contributed by atoms with van der Waals surface area (Å²) in [5.41, 5.74) is 9.70. The molecular formula is C48H52N10O2. The molecule has 0 fully saturated rings. The Balaban J connectivity index is 0.983. The minimum atomic E-state index is 0.133. The molecular weight excluding hydrogens is 749 g/mol. The highest BCUT2D eigenvalue weighted by Gasteiger charge is 2.20. The van der Waals surface area contributed by atoms with Crippen LogP contribution in [0.15, 0.2) is 109 Å². The molecule has 2 N–H and O–H groups in total. The predicted octanol–water partition coefficient (Wildman–Crippen LogP) is 7.22. The highest BCUT2D eigenvalue weighted by molar-refractivity contribution is 5.77. The van der Waals surface area contributed by atoms with Crippen molar-refractivity contribution >= 4 is 44.1 Å². The van der Waals surface area contributed by atoms with Crippen LogP contribution < -0.4 is 0 Å². The van der Waals surface area contributed by atoms with Crippen molar-refractivity contribution in [1.29, 1.82) is 0 Å². The van der Waals surface area contributed by atoms with Gasteiger partial charge in [-0.15, -0.1) is 0 Å². The van der Waals surface area contributed by atoms with Crippen LogP contribution in [0.1, 0.15) is 34.4 Å². The van der Waals surface area contributed by atoms with Gasteiger partial charge in [0.15, 0.2) is 0 Å². The number of hydrogen-bond donors (Lipinski definition) is 2. The zero-order chi connectivity index (χ0) is 41.3. The van der Waals surface area contributed by atoms with Crippen molar-refractivity contribution in [1.82, 2.24) is 48.0 Å². The zero-order valence-electron chi connectivity index (χ0n) is 34.8. The van der Waals surface area contributed by atoms with E-state index < -0.39 is 0 Å². The van der Waals surface area contributed by atoms with E-state index in [1.165, 1.54) is 0 Å². The van der Waals surface area contributed by atoms with Crippen LogP contribution in [0.3, 0.4) is 0 Å². The summed E-state index contributed by atoms with van der Waals surface area (Å²) in [7, 11) is 8.28. The number of rotatable bonds is 16. The number of benzene rings is 5. The van der Waals surface area contributed by atoms with E-state index in [2.05, 4.69) is 105 Å². The summed E-state index contributed by atoms with van der Waals surface area (Å²) in [6.45, 7) is 3.70. The van der Waals surface area contributed by atoms with Crippen LogP contribution in [0.5, 0.6) is 11.5 Å². The quantitative estimate of drug-likeness (QED) is 0.0985. The van der Waals surface area contributed by atoms with Crippen molar-refractivity contribution in [3.8, 4) is 11.5 Å². The smallest absolute Gasteiger partial charge is 0.124 e. The Kier molecular flexibility index (Phi) is 10.8. The molecule has 0 unspecified atom stereocenters. The van der Waals surface area contributed by atoms with Gasteiger partial charge in [0.1, 0.15) is 34.8 Å². The monoisotopic (exact) mass is 800 g/mol. The molecule has 9 rings (SSSR count). The molecule has 12 nitrogen and oxygen atoms in total. The number of aromatic nitrogens is 8. The van der Waals surface area contributed by atoms with Crippen molar-refractivity contribution in [3.05, 3.63) is 144 Å². The number of imidazole rings is 4. The molecule has 60 heavy (non-hydrogen) atoms. The Morgan fingerprint density at radius 1 is 0.417 bits per heavy atom. The van der Waals surface area contributed by atoms with Crippen LogP contribution in [-0.4, -0.2) is 84.4 Å². The molecule has 0 atom stereocenters. The third-order valence-corrected chi connectivity index (χ3v) is 12.2. The maximum absolute atomic E-state index is 12.1. The van der Waals surface area contributed by atoms with E-state index in [1.807, 2.05) is 48.5 Å². The van der Waals surface area contributed by atoms with Crippen LogP contribution in [0.2, 0.25) is 0 Å². The minimum Gasteiger partial charge on any atom is -0.508 e. The fourth-order valence-electron chi connectivity index (χ4n) is 8.71. The van der Waals surface area contributed by atoms with Gasteiger partial charge in [-0.25, -0.2) is 19.9 Å². The standard InChI is InChI=1S/C48H52N10O2/c1-53-40-17-9-5-13-36(40)49-44(53)21-25-57(26-22-45-50-37-14-6-10-18-41(37)54(45)2)31-33-29-35(59)30-34(48(33)60)32-58(27-23-46-51-38-15-7-11-19-42(38)55(46)3)28-24-47-52-39-16-8-12-20-43(39)56(47)4/h5-20,29-30,59-60H,21-28,31-32H2,1-4H3. The largest absolute Gasteiger partial charge is 0.508 e. The van der Waals surface area contributed by atoms with Gasteiger partial charge in [-0.2, -0.15) is 0 Å². The molecule has 4 heterocycles. The van der Waals surface area contributed by atoms with E-state index in [-0.39, 0.29) is 11.5 Å². The molecule has 0 bridgehead atoms. The lowest BCUT2D eigenvalue weighted by Crippen LogP contribution is -2.30. The van der Waals surface area contributed by atoms with Gasteiger partial charge >= 0.3 is 0 Å². The Hall–Kier alpha value is -6.50. The third-order valence-electron chi connectivity index (χ3n) is 12.2. The summed E-state index contributed by atoms with van der Waals surface area (Å²) in [5.74, 6) is 4.35. The molecule has 4 aromatic heterocycles. The molecule has 0 radical (unpaired) electrons.